The van der Waals surface area contributed by atoms with Crippen LogP contribution in [0.4, 0.5) is 0 Å². The highest BCUT2D eigenvalue weighted by Gasteiger charge is 2.25. The largest absolute Gasteiger partial charge is 0.493 e. The summed E-state index contributed by atoms with van der Waals surface area (Å²) in [7, 11) is 0. The summed E-state index contributed by atoms with van der Waals surface area (Å²) < 4.78 is 5.79. The van der Waals surface area contributed by atoms with E-state index in [0.29, 0.717) is 11.6 Å². The molecule has 1 rings (SSSR count). The normalized spacial score (nSPS) is 11.5. The Balaban J connectivity index is 2.62. The highest BCUT2D eigenvalue weighted by Crippen LogP contribution is 2.29. The molecule has 0 aliphatic rings. The van der Waals surface area contributed by atoms with E-state index in [-0.39, 0.29) is 5.41 Å². The van der Waals surface area contributed by atoms with Gasteiger partial charge in [0.2, 0.25) is 0 Å². The Labute approximate surface area is 109 Å². The zero-order chi connectivity index (χ0) is 12.0. The lowest BCUT2D eigenvalue weighted by molar-refractivity contribution is 0.157. The van der Waals surface area contributed by atoms with E-state index in [4.69, 9.17) is 16.3 Å². The van der Waals surface area contributed by atoms with Crippen molar-refractivity contribution in [2.75, 3.05) is 12.4 Å². The van der Waals surface area contributed by atoms with Gasteiger partial charge in [0, 0.05) is 10.4 Å². The molecule has 0 aromatic heterocycles. The molecule has 0 unspecified atom stereocenters. The summed E-state index contributed by atoms with van der Waals surface area (Å²) in [5.74, 6) is 1.68. The van der Waals surface area contributed by atoms with Crippen molar-refractivity contribution in [2.24, 2.45) is 5.41 Å². The first kappa shape index (κ1) is 13.7. The lowest BCUT2D eigenvalue weighted by Crippen LogP contribution is -2.29. The zero-order valence-corrected chi connectivity index (χ0v) is 11.5. The van der Waals surface area contributed by atoms with Crippen molar-refractivity contribution in [1.82, 2.24) is 0 Å². The fraction of sp³-hybridized carbons (Fsp3) is 0.538. The van der Waals surface area contributed by atoms with Crippen molar-refractivity contribution in [3.8, 4) is 5.75 Å². The summed E-state index contributed by atoms with van der Waals surface area (Å²) in [4.78, 5) is 0. The highest BCUT2D eigenvalue weighted by atomic mass is 35.5. The minimum absolute atomic E-state index is 0.172. The van der Waals surface area contributed by atoms with Crippen molar-refractivity contribution < 1.29 is 4.74 Å². The predicted octanol–water partition coefficient (Wildman–Crippen LogP) is 4.46. The molecule has 90 valence electrons. The number of hydrogen-bond donors (Lipinski definition) is 1. The summed E-state index contributed by atoms with van der Waals surface area (Å²) in [6, 6.07) is 7.52. The van der Waals surface area contributed by atoms with Gasteiger partial charge in [0.25, 0.3) is 0 Å². The van der Waals surface area contributed by atoms with E-state index >= 15 is 0 Å². The number of benzene rings is 1. The maximum absolute atomic E-state index is 5.90. The van der Waals surface area contributed by atoms with Crippen LogP contribution in [0, 0.1) is 5.41 Å². The zero-order valence-electron chi connectivity index (χ0n) is 9.87. The van der Waals surface area contributed by atoms with Gasteiger partial charge in [0.1, 0.15) is 5.75 Å². The molecule has 0 radical (unpaired) electrons. The van der Waals surface area contributed by atoms with Crippen LogP contribution in [0.1, 0.15) is 26.7 Å². The third-order valence-corrected chi connectivity index (χ3v) is 4.08. The van der Waals surface area contributed by atoms with E-state index in [0.717, 1.165) is 24.3 Å². The van der Waals surface area contributed by atoms with Crippen molar-refractivity contribution in [1.29, 1.82) is 0 Å². The molecule has 0 spiro atoms. The Bertz CT molecular complexity index is 315. The van der Waals surface area contributed by atoms with Crippen LogP contribution in [-0.2, 0) is 0 Å². The first-order chi connectivity index (χ1) is 7.65. The second kappa shape index (κ2) is 6.41. The first-order valence-electron chi connectivity index (χ1n) is 5.65. The van der Waals surface area contributed by atoms with Gasteiger partial charge in [-0.15, -0.1) is 0 Å². The van der Waals surface area contributed by atoms with Crippen molar-refractivity contribution in [3.05, 3.63) is 29.3 Å². The van der Waals surface area contributed by atoms with E-state index in [1.807, 2.05) is 24.3 Å². The molecule has 0 amide bonds. The Hall–Kier alpha value is -0.340. The van der Waals surface area contributed by atoms with Crippen LogP contribution < -0.4 is 4.74 Å². The smallest absolute Gasteiger partial charge is 0.120 e. The molecule has 0 atom stereocenters. The molecule has 0 heterocycles. The van der Waals surface area contributed by atoms with Crippen LogP contribution in [0.5, 0.6) is 5.75 Å². The minimum Gasteiger partial charge on any atom is -0.493 e. The summed E-state index contributed by atoms with van der Waals surface area (Å²) in [6.45, 7) is 5.06. The molecular formula is C13H19ClOS. The number of thiol groups is 1. The SMILES string of the molecule is CCC(CC)(CS)COc1cccc(Cl)c1. The minimum atomic E-state index is 0.172. The van der Waals surface area contributed by atoms with Gasteiger partial charge in [0.15, 0.2) is 0 Å². The van der Waals surface area contributed by atoms with Crippen molar-refractivity contribution in [3.63, 3.8) is 0 Å². The standard InChI is InChI=1S/C13H19ClOS/c1-3-13(4-2,10-16)9-15-12-7-5-6-11(14)8-12/h5-8,16H,3-4,9-10H2,1-2H3. The molecule has 1 nitrogen and oxygen atoms in total. The molecule has 3 heteroatoms. The van der Waals surface area contributed by atoms with Gasteiger partial charge in [-0.25, -0.2) is 0 Å². The second-order valence-corrected chi connectivity index (χ2v) is 4.86. The van der Waals surface area contributed by atoms with Crippen LogP contribution in [0.15, 0.2) is 24.3 Å². The molecule has 0 aliphatic carbocycles. The molecule has 0 N–H and O–H groups in total. The molecule has 1 aromatic rings. The molecule has 0 fully saturated rings. The number of ether oxygens (including phenoxy) is 1. The summed E-state index contributed by atoms with van der Waals surface area (Å²) >= 11 is 10.3. The third kappa shape index (κ3) is 3.60. The van der Waals surface area contributed by atoms with E-state index in [2.05, 4.69) is 26.5 Å². The van der Waals surface area contributed by atoms with Crippen LogP contribution in [0.2, 0.25) is 5.02 Å². The van der Waals surface area contributed by atoms with Crippen LogP contribution in [0.25, 0.3) is 0 Å². The number of hydrogen-bond acceptors (Lipinski definition) is 2. The number of rotatable bonds is 6. The van der Waals surface area contributed by atoms with E-state index in [9.17, 15) is 0 Å². The number of halogens is 1. The van der Waals surface area contributed by atoms with Gasteiger partial charge in [-0.05, 0) is 36.8 Å². The van der Waals surface area contributed by atoms with E-state index in [1.165, 1.54) is 0 Å². The van der Waals surface area contributed by atoms with Crippen molar-refractivity contribution >= 4 is 24.2 Å². The Kier molecular flexibility index (Phi) is 5.50. The fourth-order valence-corrected chi connectivity index (χ4v) is 2.24. The summed E-state index contributed by atoms with van der Waals surface area (Å²) in [5, 5.41) is 0.710. The average Bonchev–Trinajstić information content (AvgIpc) is 2.32. The molecule has 0 saturated heterocycles. The second-order valence-electron chi connectivity index (χ2n) is 4.11. The molecule has 0 bridgehead atoms. The summed E-state index contributed by atoms with van der Waals surface area (Å²) in [6.07, 6.45) is 2.15. The molecule has 0 aliphatic heterocycles. The van der Waals surface area contributed by atoms with Gasteiger partial charge < -0.3 is 4.74 Å². The highest BCUT2D eigenvalue weighted by molar-refractivity contribution is 7.80. The van der Waals surface area contributed by atoms with E-state index in [1.54, 1.807) is 0 Å². The van der Waals surface area contributed by atoms with Crippen molar-refractivity contribution in [2.45, 2.75) is 26.7 Å². The fourth-order valence-electron chi connectivity index (χ4n) is 1.52. The Morgan fingerprint density at radius 1 is 1.31 bits per heavy atom. The van der Waals surface area contributed by atoms with Crippen LogP contribution >= 0.6 is 24.2 Å². The maximum atomic E-state index is 5.90. The predicted molar refractivity (Wildman–Crippen MR) is 73.8 cm³/mol. The van der Waals surface area contributed by atoms with Crippen LogP contribution in [-0.4, -0.2) is 12.4 Å². The summed E-state index contributed by atoms with van der Waals surface area (Å²) in [5.41, 5.74) is 0.172. The third-order valence-electron chi connectivity index (χ3n) is 3.18. The van der Waals surface area contributed by atoms with Crippen LogP contribution in [0.3, 0.4) is 0 Å². The van der Waals surface area contributed by atoms with E-state index < -0.39 is 0 Å². The lowest BCUT2D eigenvalue weighted by atomic mass is 9.85. The van der Waals surface area contributed by atoms with Gasteiger partial charge in [-0.1, -0.05) is 31.5 Å². The average molecular weight is 259 g/mol. The quantitative estimate of drug-likeness (QED) is 0.742. The molecule has 0 saturated carbocycles. The first-order valence-corrected chi connectivity index (χ1v) is 6.66. The molecule has 16 heavy (non-hydrogen) atoms. The van der Waals surface area contributed by atoms with Gasteiger partial charge in [-0.2, -0.15) is 12.6 Å². The van der Waals surface area contributed by atoms with Gasteiger partial charge in [-0.3, -0.25) is 0 Å². The van der Waals surface area contributed by atoms with Gasteiger partial charge in [0.05, 0.1) is 6.61 Å². The van der Waals surface area contributed by atoms with Gasteiger partial charge >= 0.3 is 0 Å². The topological polar surface area (TPSA) is 9.23 Å². The lowest BCUT2D eigenvalue weighted by Gasteiger charge is -2.29. The Morgan fingerprint density at radius 3 is 2.50 bits per heavy atom. The Morgan fingerprint density at radius 2 is 2.00 bits per heavy atom. The molecule has 1 aromatic carbocycles. The molecular weight excluding hydrogens is 240 g/mol. The maximum Gasteiger partial charge on any atom is 0.120 e. The monoisotopic (exact) mass is 258 g/mol.